The van der Waals surface area contributed by atoms with Crippen molar-refractivity contribution in [2.24, 2.45) is 0 Å². The van der Waals surface area contributed by atoms with Gasteiger partial charge in [0.05, 0.1) is 13.7 Å². The Morgan fingerprint density at radius 2 is 1.42 bits per heavy atom. The van der Waals surface area contributed by atoms with E-state index in [1.165, 1.54) is 0 Å². The molecule has 0 radical (unpaired) electrons. The van der Waals surface area contributed by atoms with Crippen LogP contribution < -0.4 is 4.74 Å². The summed E-state index contributed by atoms with van der Waals surface area (Å²) in [4.78, 5) is 13.1. The molecule has 0 bridgehead atoms. The lowest BCUT2D eigenvalue weighted by molar-refractivity contribution is 0.0527. The third-order valence-electron chi connectivity index (χ3n) is 5.12. The molecule has 156 valence electrons. The molecule has 0 aliphatic carbocycles. The molecule has 1 heterocycles. The summed E-state index contributed by atoms with van der Waals surface area (Å²) in [6.07, 6.45) is 0. The second-order valence-electron chi connectivity index (χ2n) is 7.19. The number of hydrogen-bond donors (Lipinski definition) is 0. The fraction of sp³-hybridized carbons (Fsp3) is 0.148. The van der Waals surface area contributed by atoms with Gasteiger partial charge in [0.1, 0.15) is 22.8 Å². The highest BCUT2D eigenvalue weighted by Gasteiger charge is 2.29. The Labute approximate surface area is 182 Å². The molecule has 0 spiro atoms. The fourth-order valence-electron chi connectivity index (χ4n) is 3.56. The lowest BCUT2D eigenvalue weighted by Crippen LogP contribution is -2.06. The van der Waals surface area contributed by atoms with Gasteiger partial charge in [-0.3, -0.25) is 0 Å². The lowest BCUT2D eigenvalue weighted by Gasteiger charge is -2.08. The summed E-state index contributed by atoms with van der Waals surface area (Å²) in [7, 11) is 1.63. The number of furan rings is 1. The van der Waals surface area contributed by atoms with Crippen LogP contribution in [0.5, 0.6) is 5.75 Å². The number of rotatable bonds is 6. The molecule has 0 atom stereocenters. The summed E-state index contributed by atoms with van der Waals surface area (Å²) >= 11 is 0. The number of carbonyl (C=O) groups is 1. The minimum absolute atomic E-state index is 0.281. The van der Waals surface area contributed by atoms with E-state index in [0.717, 1.165) is 33.6 Å². The molecule has 0 fully saturated rings. The highest BCUT2D eigenvalue weighted by atomic mass is 16.5. The zero-order valence-electron chi connectivity index (χ0n) is 17.8. The van der Waals surface area contributed by atoms with Crippen LogP contribution in [0.1, 0.15) is 22.8 Å². The Bertz CT molecular complexity index is 1170. The van der Waals surface area contributed by atoms with Gasteiger partial charge >= 0.3 is 5.97 Å². The molecule has 4 heteroatoms. The first kappa shape index (κ1) is 20.5. The van der Waals surface area contributed by atoms with Crippen molar-refractivity contribution in [1.29, 1.82) is 0 Å². The third kappa shape index (κ3) is 4.10. The Hall–Kier alpha value is -3.79. The van der Waals surface area contributed by atoms with Crippen LogP contribution >= 0.6 is 0 Å². The van der Waals surface area contributed by atoms with Gasteiger partial charge in [-0.25, -0.2) is 4.79 Å². The average Bonchev–Trinajstić information content (AvgIpc) is 3.21. The molecule has 31 heavy (non-hydrogen) atoms. The highest BCUT2D eigenvalue weighted by molar-refractivity contribution is 6.06. The van der Waals surface area contributed by atoms with E-state index < -0.39 is 5.97 Å². The largest absolute Gasteiger partial charge is 0.497 e. The molecule has 0 saturated heterocycles. The Balaban J connectivity index is 2.02. The molecule has 0 amide bonds. The molecule has 0 saturated carbocycles. The fourth-order valence-corrected chi connectivity index (χ4v) is 3.56. The van der Waals surface area contributed by atoms with Gasteiger partial charge in [-0.2, -0.15) is 0 Å². The number of benzene rings is 3. The molecule has 4 nitrogen and oxygen atoms in total. The zero-order valence-corrected chi connectivity index (χ0v) is 17.8. The lowest BCUT2D eigenvalue weighted by atomic mass is 9.95. The maximum atomic E-state index is 13.1. The summed E-state index contributed by atoms with van der Waals surface area (Å²) in [5.74, 6) is 1.47. The van der Waals surface area contributed by atoms with E-state index in [2.05, 4.69) is 0 Å². The Morgan fingerprint density at radius 3 is 2.03 bits per heavy atom. The molecule has 1 aromatic heterocycles. The van der Waals surface area contributed by atoms with Crippen LogP contribution in [-0.4, -0.2) is 19.7 Å². The maximum Gasteiger partial charge on any atom is 0.342 e. The van der Waals surface area contributed by atoms with Crippen molar-refractivity contribution in [2.75, 3.05) is 13.7 Å². The summed E-state index contributed by atoms with van der Waals surface area (Å²) in [5, 5.41) is 0. The van der Waals surface area contributed by atoms with Crippen molar-refractivity contribution < 1.29 is 18.7 Å². The van der Waals surface area contributed by atoms with Gasteiger partial charge in [0.15, 0.2) is 0 Å². The first-order chi connectivity index (χ1) is 15.1. The Kier molecular flexibility index (Phi) is 5.89. The molecule has 0 N–H and O–H groups in total. The van der Waals surface area contributed by atoms with E-state index in [4.69, 9.17) is 13.9 Å². The van der Waals surface area contributed by atoms with Gasteiger partial charge in [-0.1, -0.05) is 60.2 Å². The number of hydrogen-bond acceptors (Lipinski definition) is 4. The van der Waals surface area contributed by atoms with E-state index >= 15 is 0 Å². The van der Waals surface area contributed by atoms with Gasteiger partial charge in [0.2, 0.25) is 0 Å². The summed E-state index contributed by atoms with van der Waals surface area (Å²) in [6, 6.07) is 25.3. The van der Waals surface area contributed by atoms with Gasteiger partial charge in [0.25, 0.3) is 0 Å². The van der Waals surface area contributed by atoms with Crippen molar-refractivity contribution in [1.82, 2.24) is 0 Å². The summed E-state index contributed by atoms with van der Waals surface area (Å²) in [5.41, 5.74) is 4.86. The van der Waals surface area contributed by atoms with Crippen LogP contribution in [-0.2, 0) is 4.74 Å². The predicted molar refractivity (Wildman–Crippen MR) is 122 cm³/mol. The molecule has 0 aliphatic rings. The molecular formula is C27H24O4. The monoisotopic (exact) mass is 412 g/mol. The first-order valence-electron chi connectivity index (χ1n) is 10.2. The standard InChI is InChI=1S/C27H24O4/c1-4-30-27(28)24-23(19-12-10-18(2)11-13-19)25(21-14-16-22(29-3)17-15-21)31-26(24)20-8-6-5-7-9-20/h5-17H,4H2,1-3H3. The minimum atomic E-state index is -0.402. The van der Waals surface area contributed by atoms with Crippen molar-refractivity contribution in [3.8, 4) is 39.5 Å². The number of ether oxygens (including phenoxy) is 2. The third-order valence-corrected chi connectivity index (χ3v) is 5.12. The average molecular weight is 412 g/mol. The summed E-state index contributed by atoms with van der Waals surface area (Å²) in [6.45, 7) is 4.12. The topological polar surface area (TPSA) is 48.7 Å². The normalized spacial score (nSPS) is 10.7. The van der Waals surface area contributed by atoms with E-state index in [1.54, 1.807) is 14.0 Å². The highest BCUT2D eigenvalue weighted by Crippen LogP contribution is 2.44. The van der Waals surface area contributed by atoms with Crippen molar-refractivity contribution in [3.05, 3.63) is 90.0 Å². The molecule has 4 rings (SSSR count). The van der Waals surface area contributed by atoms with Gasteiger partial charge in [-0.15, -0.1) is 0 Å². The number of carbonyl (C=O) groups excluding carboxylic acids is 1. The van der Waals surface area contributed by atoms with Crippen LogP contribution in [0.4, 0.5) is 0 Å². The van der Waals surface area contributed by atoms with Crippen molar-refractivity contribution >= 4 is 5.97 Å². The van der Waals surface area contributed by atoms with Crippen LogP contribution in [0.2, 0.25) is 0 Å². The molecular weight excluding hydrogens is 388 g/mol. The number of methoxy groups -OCH3 is 1. The van der Waals surface area contributed by atoms with Gasteiger partial charge in [0, 0.05) is 16.7 Å². The second-order valence-corrected chi connectivity index (χ2v) is 7.19. The molecule has 0 unspecified atom stereocenters. The Morgan fingerprint density at radius 1 is 0.806 bits per heavy atom. The van der Waals surface area contributed by atoms with E-state index in [1.807, 2.05) is 85.8 Å². The smallest absolute Gasteiger partial charge is 0.342 e. The molecule has 3 aromatic carbocycles. The SMILES string of the molecule is CCOC(=O)c1c(-c2ccccc2)oc(-c2ccc(OC)cc2)c1-c1ccc(C)cc1. The van der Waals surface area contributed by atoms with E-state index in [9.17, 15) is 4.79 Å². The number of esters is 1. The zero-order chi connectivity index (χ0) is 21.8. The van der Waals surface area contributed by atoms with Gasteiger partial charge < -0.3 is 13.9 Å². The van der Waals surface area contributed by atoms with Crippen LogP contribution in [0.15, 0.2) is 83.3 Å². The summed E-state index contributed by atoms with van der Waals surface area (Å²) < 4.78 is 17.1. The van der Waals surface area contributed by atoms with E-state index in [0.29, 0.717) is 17.1 Å². The molecule has 0 aliphatic heterocycles. The molecule has 4 aromatic rings. The van der Waals surface area contributed by atoms with Crippen LogP contribution in [0, 0.1) is 6.92 Å². The maximum absolute atomic E-state index is 13.1. The van der Waals surface area contributed by atoms with Crippen LogP contribution in [0.25, 0.3) is 33.8 Å². The van der Waals surface area contributed by atoms with Crippen molar-refractivity contribution in [2.45, 2.75) is 13.8 Å². The van der Waals surface area contributed by atoms with Crippen molar-refractivity contribution in [3.63, 3.8) is 0 Å². The van der Waals surface area contributed by atoms with E-state index in [-0.39, 0.29) is 6.61 Å². The number of aryl methyl sites for hydroxylation is 1. The predicted octanol–water partition coefficient (Wildman–Crippen LogP) is 6.77. The first-order valence-corrected chi connectivity index (χ1v) is 10.2. The quantitative estimate of drug-likeness (QED) is 0.328. The second kappa shape index (κ2) is 8.92. The minimum Gasteiger partial charge on any atom is -0.497 e. The van der Waals surface area contributed by atoms with Crippen LogP contribution in [0.3, 0.4) is 0 Å². The van der Waals surface area contributed by atoms with Gasteiger partial charge in [-0.05, 0) is 43.7 Å².